The van der Waals surface area contributed by atoms with Gasteiger partial charge in [-0.2, -0.15) is 0 Å². The second kappa shape index (κ2) is 7.92. The molecule has 0 saturated carbocycles. The Morgan fingerprint density at radius 2 is 2.08 bits per heavy atom. The number of aryl methyl sites for hydroxylation is 1. The van der Waals surface area contributed by atoms with Crippen molar-refractivity contribution in [3.05, 3.63) is 65.0 Å². The van der Waals surface area contributed by atoms with Crippen LogP contribution in [0.1, 0.15) is 36.5 Å². The Hall–Kier alpha value is -2.00. The number of likely N-dealkylation sites (tertiary alicyclic amines) is 1. The van der Waals surface area contributed by atoms with E-state index in [9.17, 15) is 0 Å². The van der Waals surface area contributed by atoms with Crippen LogP contribution in [0.15, 0.2) is 43.2 Å². The van der Waals surface area contributed by atoms with E-state index in [1.54, 1.807) is 0 Å². The van der Waals surface area contributed by atoms with E-state index in [-0.39, 0.29) is 0 Å². The van der Waals surface area contributed by atoms with Gasteiger partial charge in [-0.3, -0.25) is 4.98 Å². The van der Waals surface area contributed by atoms with Crippen molar-refractivity contribution in [3.8, 4) is 5.75 Å². The maximum Gasteiger partial charge on any atom is 0.141 e. The van der Waals surface area contributed by atoms with Crippen molar-refractivity contribution < 1.29 is 4.74 Å². The lowest BCUT2D eigenvalue weighted by atomic mass is 9.98. The zero-order valence-corrected chi connectivity index (χ0v) is 15.7. The van der Waals surface area contributed by atoms with Gasteiger partial charge in [0.05, 0.1) is 5.02 Å². The molecule has 3 rings (SSSR count). The molecule has 1 aromatic carbocycles. The van der Waals surface area contributed by atoms with Crippen molar-refractivity contribution in [1.29, 1.82) is 0 Å². The minimum atomic E-state index is 0.440. The maximum absolute atomic E-state index is 6.23. The Balaban J connectivity index is 1.68. The first-order valence-electron chi connectivity index (χ1n) is 8.80. The summed E-state index contributed by atoms with van der Waals surface area (Å²) in [5, 5.41) is 0.635. The Morgan fingerprint density at radius 3 is 2.80 bits per heavy atom. The van der Waals surface area contributed by atoms with E-state index in [1.165, 1.54) is 12.8 Å². The van der Waals surface area contributed by atoms with Gasteiger partial charge in [-0.05, 0) is 43.4 Å². The maximum atomic E-state index is 6.23. The summed E-state index contributed by atoms with van der Waals surface area (Å²) in [6.45, 7) is 11.2. The average Bonchev–Trinajstić information content (AvgIpc) is 2.62. The third kappa shape index (κ3) is 4.35. The fraction of sp³-hybridized carbons (Fsp3) is 0.381. The summed E-state index contributed by atoms with van der Waals surface area (Å²) in [5.74, 6) is 1.54. The fourth-order valence-electron chi connectivity index (χ4n) is 3.14. The highest BCUT2D eigenvalue weighted by molar-refractivity contribution is 6.32. The lowest BCUT2D eigenvalue weighted by molar-refractivity contribution is 0.268. The molecule has 2 aromatic rings. The van der Waals surface area contributed by atoms with Crippen LogP contribution in [0.3, 0.4) is 0 Å². The number of halogens is 1. The summed E-state index contributed by atoms with van der Waals surface area (Å²) < 4.78 is 5.93. The number of aromatic nitrogens is 1. The summed E-state index contributed by atoms with van der Waals surface area (Å²) in [6.07, 6.45) is 6.16. The second-order valence-electron chi connectivity index (χ2n) is 6.87. The molecule has 3 nitrogen and oxygen atoms in total. The molecule has 132 valence electrons. The quantitative estimate of drug-likeness (QED) is 0.724. The van der Waals surface area contributed by atoms with E-state index in [2.05, 4.69) is 29.5 Å². The summed E-state index contributed by atoms with van der Waals surface area (Å²) >= 11 is 6.23. The monoisotopic (exact) mass is 356 g/mol. The van der Waals surface area contributed by atoms with Gasteiger partial charge in [0.15, 0.2) is 0 Å². The van der Waals surface area contributed by atoms with Crippen molar-refractivity contribution in [2.45, 2.75) is 33.3 Å². The molecule has 0 atom stereocenters. The van der Waals surface area contributed by atoms with Crippen LogP contribution in [0.2, 0.25) is 5.02 Å². The van der Waals surface area contributed by atoms with Crippen molar-refractivity contribution in [3.63, 3.8) is 0 Å². The van der Waals surface area contributed by atoms with Crippen LogP contribution in [0.25, 0.3) is 5.70 Å². The zero-order chi connectivity index (χ0) is 17.8. The number of pyridine rings is 1. The van der Waals surface area contributed by atoms with Gasteiger partial charge in [0, 0.05) is 42.3 Å². The molecule has 4 heteroatoms. The Labute approximate surface area is 155 Å². The summed E-state index contributed by atoms with van der Waals surface area (Å²) in [4.78, 5) is 6.73. The van der Waals surface area contributed by atoms with Gasteiger partial charge in [-0.1, -0.05) is 37.2 Å². The van der Waals surface area contributed by atoms with Crippen molar-refractivity contribution in [2.24, 2.45) is 5.92 Å². The normalized spacial score (nSPS) is 15.2. The van der Waals surface area contributed by atoms with Gasteiger partial charge in [0.1, 0.15) is 12.4 Å². The molecular weight excluding hydrogens is 332 g/mol. The zero-order valence-electron chi connectivity index (χ0n) is 15.0. The van der Waals surface area contributed by atoms with Gasteiger partial charge < -0.3 is 9.64 Å². The molecule has 1 aliphatic heterocycles. The number of para-hydroxylation sites is 1. The molecule has 1 saturated heterocycles. The molecule has 0 aliphatic carbocycles. The van der Waals surface area contributed by atoms with E-state index in [0.29, 0.717) is 11.6 Å². The third-order valence-corrected chi connectivity index (χ3v) is 5.14. The van der Waals surface area contributed by atoms with Crippen LogP contribution < -0.4 is 4.74 Å². The lowest BCUT2D eigenvalue weighted by Crippen LogP contribution is -2.31. The first kappa shape index (κ1) is 17.8. The molecule has 0 unspecified atom stereocenters. The molecule has 0 bridgehead atoms. The Morgan fingerprint density at radius 1 is 1.32 bits per heavy atom. The molecule has 0 radical (unpaired) electrons. The summed E-state index contributed by atoms with van der Waals surface area (Å²) in [6, 6.07) is 7.88. The molecule has 0 spiro atoms. The van der Waals surface area contributed by atoms with E-state index >= 15 is 0 Å². The number of piperidine rings is 1. The summed E-state index contributed by atoms with van der Waals surface area (Å²) in [7, 11) is 0. The minimum Gasteiger partial charge on any atom is -0.487 e. The number of rotatable bonds is 5. The van der Waals surface area contributed by atoms with Crippen molar-refractivity contribution >= 4 is 17.3 Å². The molecule has 2 heterocycles. The predicted octanol–water partition coefficient (Wildman–Crippen LogP) is 5.33. The largest absolute Gasteiger partial charge is 0.487 e. The Bertz CT molecular complexity index is 731. The van der Waals surface area contributed by atoms with Gasteiger partial charge in [-0.15, -0.1) is 0 Å². The summed E-state index contributed by atoms with van der Waals surface area (Å²) in [5.41, 5.74) is 4.16. The van der Waals surface area contributed by atoms with Crippen molar-refractivity contribution in [1.82, 2.24) is 9.88 Å². The topological polar surface area (TPSA) is 25.4 Å². The third-order valence-electron chi connectivity index (χ3n) is 4.84. The van der Waals surface area contributed by atoms with Crippen LogP contribution in [0.4, 0.5) is 0 Å². The second-order valence-corrected chi connectivity index (χ2v) is 7.28. The number of benzene rings is 1. The van der Waals surface area contributed by atoms with E-state index in [0.717, 1.165) is 47.1 Å². The fourth-order valence-corrected chi connectivity index (χ4v) is 3.42. The smallest absolute Gasteiger partial charge is 0.141 e. The lowest BCUT2D eigenvalue weighted by Gasteiger charge is -2.33. The van der Waals surface area contributed by atoms with Crippen molar-refractivity contribution in [2.75, 3.05) is 13.1 Å². The highest BCUT2D eigenvalue weighted by Gasteiger charge is 2.18. The number of ether oxygens (including phenoxy) is 1. The minimum absolute atomic E-state index is 0.440. The molecule has 0 amide bonds. The van der Waals surface area contributed by atoms with Gasteiger partial charge >= 0.3 is 0 Å². The van der Waals surface area contributed by atoms with Crippen LogP contribution >= 0.6 is 11.6 Å². The van der Waals surface area contributed by atoms with Gasteiger partial charge in [0.2, 0.25) is 0 Å². The van der Waals surface area contributed by atoms with Gasteiger partial charge in [-0.25, -0.2) is 0 Å². The standard InChI is InChI=1S/C21H25ClN2O/c1-15-7-9-24(10-8-15)17(3)19-11-18(12-23-13-19)14-25-21-16(2)5-4-6-20(21)22/h4-6,11-13,15H,3,7-10,14H2,1-2H3. The molecule has 1 fully saturated rings. The average molecular weight is 357 g/mol. The first-order valence-corrected chi connectivity index (χ1v) is 9.18. The van der Waals surface area contributed by atoms with E-state index in [4.69, 9.17) is 16.3 Å². The number of nitrogens with zero attached hydrogens (tertiary/aromatic N) is 2. The van der Waals surface area contributed by atoms with Crippen LogP contribution in [-0.4, -0.2) is 23.0 Å². The number of hydrogen-bond donors (Lipinski definition) is 0. The molecule has 1 aliphatic rings. The molecular formula is C21H25ClN2O. The highest BCUT2D eigenvalue weighted by Crippen LogP contribution is 2.29. The SMILES string of the molecule is C=C(c1cncc(COc2c(C)cccc2Cl)c1)N1CCC(C)CC1. The molecule has 1 aromatic heterocycles. The van der Waals surface area contributed by atoms with Crippen LogP contribution in [-0.2, 0) is 6.61 Å². The highest BCUT2D eigenvalue weighted by atomic mass is 35.5. The molecule has 0 N–H and O–H groups in total. The Kier molecular flexibility index (Phi) is 5.64. The first-order chi connectivity index (χ1) is 12.0. The number of hydrogen-bond acceptors (Lipinski definition) is 3. The van der Waals surface area contributed by atoms with E-state index in [1.807, 2.05) is 37.5 Å². The van der Waals surface area contributed by atoms with Gasteiger partial charge in [0.25, 0.3) is 0 Å². The van der Waals surface area contributed by atoms with Crippen LogP contribution in [0.5, 0.6) is 5.75 Å². The predicted molar refractivity (Wildman–Crippen MR) is 104 cm³/mol. The van der Waals surface area contributed by atoms with E-state index < -0.39 is 0 Å². The van der Waals surface area contributed by atoms with Crippen LogP contribution in [0, 0.1) is 12.8 Å². The molecule has 25 heavy (non-hydrogen) atoms.